The maximum absolute atomic E-state index is 11.7. The van der Waals surface area contributed by atoms with Crippen molar-refractivity contribution in [2.75, 3.05) is 18.2 Å². The number of hydrogen-bond donors (Lipinski definition) is 3. The third kappa shape index (κ3) is 7.56. The number of amides is 2. The number of nitrogens with one attached hydrogen (secondary N) is 1. The molecule has 1 aromatic rings. The van der Waals surface area contributed by atoms with Crippen molar-refractivity contribution in [3.05, 3.63) is 22.1 Å². The van der Waals surface area contributed by atoms with E-state index in [4.69, 9.17) is 15.6 Å². The van der Waals surface area contributed by atoms with Gasteiger partial charge in [-0.05, 0) is 24.5 Å². The standard InChI is InChI=1S/C8H10O5S3.C7H10N4O2/c1-2-3-15(11)5-4-14-6(8(9)10)7(5)16(12)13;1-4-3-5(13-2)10-7(9-4)11-6(8)12/h4,6H,2-3H2,1H3,(H,9,10);3H,1-2H3,(H3,8,9,10,11,12). The molecule has 0 fully saturated rings. The molecule has 1 aliphatic rings. The van der Waals surface area contributed by atoms with Crippen LogP contribution in [0.4, 0.5) is 10.7 Å². The number of carboxylic acid groups (broad SMARTS) is 1. The molecule has 2 atom stereocenters. The average molecular weight is 465 g/mol. The minimum atomic E-state index is -2.64. The van der Waals surface area contributed by atoms with E-state index in [9.17, 15) is 22.6 Å². The molecule has 0 radical (unpaired) electrons. The van der Waals surface area contributed by atoms with Crippen molar-refractivity contribution >= 4 is 56.0 Å². The monoisotopic (exact) mass is 464 g/mol. The molecule has 0 spiro atoms. The van der Waals surface area contributed by atoms with Gasteiger partial charge in [0.2, 0.25) is 22.1 Å². The van der Waals surface area contributed by atoms with Crippen molar-refractivity contribution in [2.45, 2.75) is 25.5 Å². The van der Waals surface area contributed by atoms with Gasteiger partial charge in [0.25, 0.3) is 0 Å². The molecule has 2 unspecified atom stereocenters. The van der Waals surface area contributed by atoms with Crippen LogP contribution in [0.3, 0.4) is 0 Å². The fourth-order valence-corrected chi connectivity index (χ4v) is 5.81. The Hall–Kier alpha value is -2.29. The van der Waals surface area contributed by atoms with Crippen molar-refractivity contribution in [1.29, 1.82) is 0 Å². The van der Waals surface area contributed by atoms with E-state index in [1.165, 1.54) is 12.5 Å². The lowest BCUT2D eigenvalue weighted by atomic mass is 10.3. The zero-order valence-electron chi connectivity index (χ0n) is 15.7. The van der Waals surface area contributed by atoms with Crippen LogP contribution in [-0.2, 0) is 26.3 Å². The topological polar surface area (TPSA) is 185 Å². The van der Waals surface area contributed by atoms with E-state index in [0.717, 1.165) is 11.8 Å². The van der Waals surface area contributed by atoms with E-state index in [-0.39, 0.29) is 15.7 Å². The Morgan fingerprint density at radius 3 is 2.59 bits per heavy atom. The van der Waals surface area contributed by atoms with Crippen molar-refractivity contribution in [2.24, 2.45) is 5.73 Å². The summed E-state index contributed by atoms with van der Waals surface area (Å²) in [6, 6.07) is 0.944. The lowest BCUT2D eigenvalue weighted by molar-refractivity contribution is -0.135. The molecule has 14 heteroatoms. The van der Waals surface area contributed by atoms with Gasteiger partial charge in [-0.1, -0.05) is 6.92 Å². The summed E-state index contributed by atoms with van der Waals surface area (Å²) in [5.41, 5.74) is 5.59. The van der Waals surface area contributed by atoms with Crippen LogP contribution in [-0.4, -0.2) is 63.0 Å². The molecule has 1 aromatic heterocycles. The Morgan fingerprint density at radius 1 is 1.45 bits per heavy atom. The normalized spacial score (nSPS) is 16.2. The zero-order valence-corrected chi connectivity index (χ0v) is 18.2. The van der Waals surface area contributed by atoms with E-state index in [0.29, 0.717) is 23.7 Å². The fraction of sp³-hybridized carbons (Fsp3) is 0.400. The average Bonchev–Trinajstić information content (AvgIpc) is 3.07. The number of nitrogens with zero attached hydrogens (tertiary/aromatic N) is 2. The molecule has 0 saturated heterocycles. The van der Waals surface area contributed by atoms with E-state index >= 15 is 0 Å². The highest BCUT2D eigenvalue weighted by molar-refractivity contribution is 8.08. The van der Waals surface area contributed by atoms with Crippen LogP contribution >= 0.6 is 11.8 Å². The first-order valence-corrected chi connectivity index (χ1v) is 11.3. The van der Waals surface area contributed by atoms with Crippen molar-refractivity contribution in [3.63, 3.8) is 0 Å². The molecule has 160 valence electrons. The minimum Gasteiger partial charge on any atom is -0.611 e. The second-order valence-corrected chi connectivity index (χ2v) is 8.78. The zero-order chi connectivity index (χ0) is 22.1. The summed E-state index contributed by atoms with van der Waals surface area (Å²) in [7, 11) is -1.16. The van der Waals surface area contributed by atoms with Gasteiger partial charge in [0, 0.05) is 17.2 Å². The van der Waals surface area contributed by atoms with E-state index in [2.05, 4.69) is 15.3 Å². The summed E-state index contributed by atoms with van der Waals surface area (Å²) < 4.78 is 38.4. The quantitative estimate of drug-likeness (QED) is 0.396. The molecule has 1 aliphatic heterocycles. The lowest BCUT2D eigenvalue weighted by Crippen LogP contribution is -2.28. The number of aryl methyl sites for hydroxylation is 1. The maximum Gasteiger partial charge on any atom is 0.322 e. The Labute approximate surface area is 175 Å². The largest absolute Gasteiger partial charge is 0.611 e. The second-order valence-electron chi connectivity index (χ2n) is 5.35. The van der Waals surface area contributed by atoms with Crippen molar-refractivity contribution < 1.29 is 32.4 Å². The summed E-state index contributed by atoms with van der Waals surface area (Å²) >= 11 is -0.572. The molecule has 0 aromatic carbocycles. The number of hydrogen-bond acceptors (Lipinski definition) is 9. The maximum atomic E-state index is 11.7. The van der Waals surface area contributed by atoms with Crippen LogP contribution in [0.1, 0.15) is 19.0 Å². The van der Waals surface area contributed by atoms with Gasteiger partial charge in [0.05, 0.1) is 7.11 Å². The number of carbonyl (C=O) groups excluding carboxylic acids is 1. The molecule has 0 aliphatic carbocycles. The first-order valence-electron chi connectivity index (χ1n) is 8.00. The van der Waals surface area contributed by atoms with Gasteiger partial charge >= 0.3 is 12.0 Å². The first-order chi connectivity index (χ1) is 13.6. The molecular weight excluding hydrogens is 444 g/mol. The minimum absolute atomic E-state index is 0.132. The molecule has 29 heavy (non-hydrogen) atoms. The van der Waals surface area contributed by atoms with Gasteiger partial charge in [-0.3, -0.25) is 10.1 Å². The number of rotatable bonds is 6. The van der Waals surface area contributed by atoms with Crippen LogP contribution < -0.4 is 15.8 Å². The highest BCUT2D eigenvalue weighted by atomic mass is 32.2. The van der Waals surface area contributed by atoms with Gasteiger partial charge in [-0.15, -0.1) is 11.8 Å². The number of carbonyl (C=O) groups is 2. The number of methoxy groups -OCH3 is 1. The molecule has 4 N–H and O–H groups in total. The SMILES string of the molecule is CCC[S+]([O-])C1=CSC(C(=O)O)C1=S(=O)=O.COc1cc(C)nc(NC(N)=O)n1. The van der Waals surface area contributed by atoms with Gasteiger partial charge in [0.1, 0.15) is 5.75 Å². The third-order valence-electron chi connectivity index (χ3n) is 3.11. The molecule has 2 heterocycles. The summed E-state index contributed by atoms with van der Waals surface area (Å²) in [4.78, 5) is 28.9. The molecule has 0 saturated carbocycles. The number of urea groups is 1. The smallest absolute Gasteiger partial charge is 0.322 e. The lowest BCUT2D eigenvalue weighted by Gasteiger charge is -2.10. The summed E-state index contributed by atoms with van der Waals surface area (Å²) in [5.74, 6) is -0.371. The Morgan fingerprint density at radius 2 is 2.10 bits per heavy atom. The molecule has 2 rings (SSSR count). The second kappa shape index (κ2) is 11.6. The van der Waals surface area contributed by atoms with Gasteiger partial charge in [-0.2, -0.15) is 13.4 Å². The Balaban J connectivity index is 0.000000296. The summed E-state index contributed by atoms with van der Waals surface area (Å²) in [6.07, 6.45) is 0.644. The first kappa shape index (κ1) is 24.7. The molecule has 2 amide bonds. The number of ether oxygens (including phenoxy) is 1. The highest BCUT2D eigenvalue weighted by Crippen LogP contribution is 2.31. The van der Waals surface area contributed by atoms with E-state index < -0.39 is 38.7 Å². The van der Waals surface area contributed by atoms with Crippen molar-refractivity contribution in [3.8, 4) is 5.88 Å². The number of aliphatic carboxylic acids is 1. The van der Waals surface area contributed by atoms with Crippen LogP contribution in [0.25, 0.3) is 0 Å². The van der Waals surface area contributed by atoms with Crippen LogP contribution in [0.5, 0.6) is 5.88 Å². The molecular formula is C15H20N4O7S3. The van der Waals surface area contributed by atoms with Crippen molar-refractivity contribution in [1.82, 2.24) is 9.97 Å². The van der Waals surface area contributed by atoms with Crippen LogP contribution in [0.15, 0.2) is 16.4 Å². The highest BCUT2D eigenvalue weighted by Gasteiger charge is 2.39. The summed E-state index contributed by atoms with van der Waals surface area (Å²) in [5, 5.41) is 11.3. The third-order valence-corrected chi connectivity index (χ3v) is 7.04. The fourth-order valence-electron chi connectivity index (χ4n) is 1.99. The number of primary amides is 1. The number of aromatic nitrogens is 2. The van der Waals surface area contributed by atoms with E-state index in [1.54, 1.807) is 13.0 Å². The predicted octanol–water partition coefficient (Wildman–Crippen LogP) is 0.522. The number of allylic oxidation sites excluding steroid dienone is 1. The Kier molecular flexibility index (Phi) is 9.94. The van der Waals surface area contributed by atoms with E-state index in [1.807, 2.05) is 6.92 Å². The number of carboxylic acids is 1. The number of anilines is 1. The van der Waals surface area contributed by atoms with Gasteiger partial charge < -0.3 is 20.1 Å². The van der Waals surface area contributed by atoms with Crippen LogP contribution in [0, 0.1) is 6.92 Å². The van der Waals surface area contributed by atoms with Gasteiger partial charge in [0.15, 0.2) is 15.0 Å². The van der Waals surface area contributed by atoms with Crippen LogP contribution in [0.2, 0.25) is 0 Å². The number of thioether (sulfide) groups is 1. The predicted molar refractivity (Wildman–Crippen MR) is 111 cm³/mol. The molecule has 11 nitrogen and oxygen atoms in total. The Bertz CT molecular complexity index is 926. The molecule has 0 bridgehead atoms. The number of nitrogens with two attached hydrogens (primary N) is 1. The summed E-state index contributed by atoms with van der Waals surface area (Å²) in [6.45, 7) is 3.58. The van der Waals surface area contributed by atoms with Gasteiger partial charge in [-0.25, -0.2) is 9.78 Å².